The largest absolute Gasteiger partial charge is 0.480 e. The first-order chi connectivity index (χ1) is 15.4. The number of carboxylic acids is 2. The van der Waals surface area contributed by atoms with E-state index in [9.17, 15) is 29.4 Å². The summed E-state index contributed by atoms with van der Waals surface area (Å²) in [6.45, 7) is 5.10. The van der Waals surface area contributed by atoms with Gasteiger partial charge < -0.3 is 20.8 Å². The smallest absolute Gasteiger partial charge is 0.327 e. The average molecular weight is 501 g/mol. The first-order valence-electron chi connectivity index (χ1n) is 11.7. The van der Waals surface area contributed by atoms with Crippen LogP contribution >= 0.6 is 21.6 Å². The molecule has 0 aliphatic heterocycles. The maximum atomic E-state index is 12.7. The molecule has 2 amide bonds. The highest BCUT2D eigenvalue weighted by molar-refractivity contribution is 8.76. The topological polar surface area (TPSA) is 133 Å². The molecule has 0 radical (unpaired) electrons. The van der Waals surface area contributed by atoms with Crippen molar-refractivity contribution in [2.45, 2.75) is 71.4 Å². The van der Waals surface area contributed by atoms with Gasteiger partial charge in [0.2, 0.25) is 11.8 Å². The maximum absolute atomic E-state index is 12.7. The maximum Gasteiger partial charge on any atom is 0.327 e. The van der Waals surface area contributed by atoms with Crippen LogP contribution in [0.25, 0.3) is 0 Å². The number of carboxylic acid groups (broad SMARTS) is 2. The molecule has 0 aromatic carbocycles. The Balaban J connectivity index is 1.43. The standard InChI is InChI=1S/C23H36N2O6S2/c1-23(2,3)22(31)25-18(21(29)30)11-33-32-10-17(20(27)28)24-19(26)9-16-14-5-12-4-13(7-14)8-15(16)6-12/h12-18H,4-11H2,1-3H3,(H,24,26)(H,25,31)(H,27,28)(H,29,30)/t12?,13?,14?,15?,16?,17-,18-/m0/s1. The molecule has 186 valence electrons. The quantitative estimate of drug-likeness (QED) is 0.251. The molecule has 0 unspecified atom stereocenters. The third-order valence-corrected chi connectivity index (χ3v) is 9.74. The molecule has 0 aromatic rings. The van der Waals surface area contributed by atoms with Gasteiger partial charge in [-0.1, -0.05) is 42.4 Å². The average Bonchev–Trinajstić information content (AvgIpc) is 2.70. The summed E-state index contributed by atoms with van der Waals surface area (Å²) in [5.41, 5.74) is -0.707. The summed E-state index contributed by atoms with van der Waals surface area (Å²) in [5.74, 6) is 0.654. The summed E-state index contributed by atoms with van der Waals surface area (Å²) in [7, 11) is 2.36. The number of nitrogens with one attached hydrogen (secondary N) is 2. The first-order valence-corrected chi connectivity index (χ1v) is 14.2. The first kappa shape index (κ1) is 26.2. The van der Waals surface area contributed by atoms with Crippen molar-refractivity contribution in [1.29, 1.82) is 0 Å². The van der Waals surface area contributed by atoms with E-state index in [1.54, 1.807) is 20.8 Å². The Morgan fingerprint density at radius 2 is 1.27 bits per heavy atom. The van der Waals surface area contributed by atoms with Crippen molar-refractivity contribution in [3.05, 3.63) is 0 Å². The van der Waals surface area contributed by atoms with Gasteiger partial charge in [-0.05, 0) is 61.7 Å². The number of aliphatic carboxylic acids is 2. The zero-order chi connectivity index (χ0) is 24.3. The minimum absolute atomic E-state index is 0.0931. The van der Waals surface area contributed by atoms with Gasteiger partial charge in [0.15, 0.2) is 0 Å². The van der Waals surface area contributed by atoms with E-state index in [1.165, 1.54) is 53.7 Å². The van der Waals surface area contributed by atoms with Crippen LogP contribution in [0.2, 0.25) is 0 Å². The number of carbonyl (C=O) groups excluding carboxylic acids is 2. The lowest BCUT2D eigenvalue weighted by atomic mass is 9.51. The van der Waals surface area contributed by atoms with Crippen LogP contribution in [-0.4, -0.2) is 57.6 Å². The Kier molecular flexibility index (Phi) is 8.64. The van der Waals surface area contributed by atoms with Crippen LogP contribution in [0.15, 0.2) is 0 Å². The molecule has 4 aliphatic carbocycles. The van der Waals surface area contributed by atoms with Gasteiger partial charge in [0.1, 0.15) is 12.1 Å². The molecule has 8 nitrogen and oxygen atoms in total. The van der Waals surface area contributed by atoms with E-state index in [0.29, 0.717) is 24.2 Å². The highest BCUT2D eigenvalue weighted by atomic mass is 33.1. The lowest BCUT2D eigenvalue weighted by Gasteiger charge is -2.54. The monoisotopic (exact) mass is 500 g/mol. The van der Waals surface area contributed by atoms with Crippen molar-refractivity contribution in [3.63, 3.8) is 0 Å². The molecule has 0 heterocycles. The van der Waals surface area contributed by atoms with Crippen LogP contribution in [0.4, 0.5) is 0 Å². The molecule has 0 spiro atoms. The molecule has 0 aromatic heterocycles. The van der Waals surface area contributed by atoms with E-state index in [4.69, 9.17) is 0 Å². The van der Waals surface area contributed by atoms with Crippen LogP contribution in [0, 0.1) is 35.0 Å². The van der Waals surface area contributed by atoms with Crippen LogP contribution in [0.5, 0.6) is 0 Å². The summed E-state index contributed by atoms with van der Waals surface area (Å²) in [4.78, 5) is 47.9. The van der Waals surface area contributed by atoms with E-state index in [1.807, 2.05) is 0 Å². The Labute approximate surface area is 203 Å². The van der Waals surface area contributed by atoms with Gasteiger partial charge >= 0.3 is 11.9 Å². The zero-order valence-electron chi connectivity index (χ0n) is 19.5. The van der Waals surface area contributed by atoms with Crippen molar-refractivity contribution in [2.24, 2.45) is 35.0 Å². The SMILES string of the molecule is CC(C)(C)C(=O)N[C@@H](CSSC[C@H](NC(=O)CC1C2CC3CC(C2)CC1C3)C(=O)O)C(=O)O. The highest BCUT2D eigenvalue weighted by Crippen LogP contribution is 2.57. The Morgan fingerprint density at radius 3 is 1.70 bits per heavy atom. The van der Waals surface area contributed by atoms with Crippen molar-refractivity contribution in [3.8, 4) is 0 Å². The number of hydrogen-bond donors (Lipinski definition) is 4. The number of amides is 2. The summed E-state index contributed by atoms with van der Waals surface area (Å²) in [5, 5.41) is 24.1. The molecule has 4 aliphatic rings. The van der Waals surface area contributed by atoms with Crippen LogP contribution < -0.4 is 10.6 Å². The Hall–Kier alpha value is -1.42. The van der Waals surface area contributed by atoms with Gasteiger partial charge in [-0.2, -0.15) is 0 Å². The summed E-state index contributed by atoms with van der Waals surface area (Å²) in [6, 6.07) is -2.09. The zero-order valence-corrected chi connectivity index (χ0v) is 21.2. The number of hydrogen-bond acceptors (Lipinski definition) is 6. The fourth-order valence-electron chi connectivity index (χ4n) is 5.79. The Morgan fingerprint density at radius 1 is 0.818 bits per heavy atom. The predicted octanol–water partition coefficient (Wildman–Crippen LogP) is 3.02. The van der Waals surface area contributed by atoms with Gasteiger partial charge in [0.25, 0.3) is 0 Å². The molecule has 2 atom stereocenters. The minimum atomic E-state index is -1.14. The molecule has 4 fully saturated rings. The lowest BCUT2D eigenvalue weighted by molar-refractivity contribution is -0.142. The molecular weight excluding hydrogens is 464 g/mol. The molecule has 4 rings (SSSR count). The molecule has 4 saturated carbocycles. The van der Waals surface area contributed by atoms with E-state index < -0.39 is 29.4 Å². The fraction of sp³-hybridized carbons (Fsp3) is 0.826. The molecule has 0 saturated heterocycles. The van der Waals surface area contributed by atoms with E-state index in [-0.39, 0.29) is 23.3 Å². The number of carbonyl (C=O) groups is 4. The third-order valence-electron chi connectivity index (χ3n) is 7.31. The second kappa shape index (κ2) is 10.9. The summed E-state index contributed by atoms with van der Waals surface area (Å²) in [6.07, 6.45) is 6.62. The van der Waals surface area contributed by atoms with Crippen molar-refractivity contribution in [2.75, 3.05) is 11.5 Å². The van der Waals surface area contributed by atoms with Crippen molar-refractivity contribution >= 4 is 45.3 Å². The predicted molar refractivity (Wildman–Crippen MR) is 129 cm³/mol. The molecule has 4 N–H and O–H groups in total. The van der Waals surface area contributed by atoms with Gasteiger partial charge in [-0.3, -0.25) is 9.59 Å². The second-order valence-electron chi connectivity index (χ2n) is 10.9. The van der Waals surface area contributed by atoms with E-state index in [0.717, 1.165) is 11.8 Å². The van der Waals surface area contributed by atoms with Gasteiger partial charge in [0, 0.05) is 23.3 Å². The van der Waals surface area contributed by atoms with Gasteiger partial charge in [-0.15, -0.1) is 0 Å². The second-order valence-corrected chi connectivity index (χ2v) is 13.5. The molecule has 10 heteroatoms. The summed E-state index contributed by atoms with van der Waals surface area (Å²) >= 11 is 0. The highest BCUT2D eigenvalue weighted by Gasteiger charge is 2.48. The number of rotatable bonds is 11. The lowest BCUT2D eigenvalue weighted by Crippen LogP contribution is -2.48. The van der Waals surface area contributed by atoms with Crippen molar-refractivity contribution < 1.29 is 29.4 Å². The van der Waals surface area contributed by atoms with Gasteiger partial charge in [-0.25, -0.2) is 9.59 Å². The normalized spacial score (nSPS) is 29.8. The van der Waals surface area contributed by atoms with Crippen LogP contribution in [0.1, 0.15) is 59.3 Å². The van der Waals surface area contributed by atoms with Gasteiger partial charge in [0.05, 0.1) is 0 Å². The molecule has 4 bridgehead atoms. The van der Waals surface area contributed by atoms with E-state index in [2.05, 4.69) is 10.6 Å². The van der Waals surface area contributed by atoms with E-state index >= 15 is 0 Å². The molecular formula is C23H36N2O6S2. The van der Waals surface area contributed by atoms with Crippen molar-refractivity contribution in [1.82, 2.24) is 10.6 Å². The fourth-order valence-corrected chi connectivity index (χ4v) is 8.11. The Bertz CT molecular complexity index is 741. The minimum Gasteiger partial charge on any atom is -0.480 e. The third kappa shape index (κ3) is 7.04. The van der Waals surface area contributed by atoms with Crippen LogP contribution in [0.3, 0.4) is 0 Å². The van der Waals surface area contributed by atoms with Crippen LogP contribution in [-0.2, 0) is 19.2 Å². The summed E-state index contributed by atoms with van der Waals surface area (Å²) < 4.78 is 0. The molecule has 33 heavy (non-hydrogen) atoms.